The van der Waals surface area contributed by atoms with E-state index in [0.717, 1.165) is 35.5 Å². The second-order valence-corrected chi connectivity index (χ2v) is 19.6. The maximum atomic E-state index is 3.60. The predicted octanol–water partition coefficient (Wildman–Crippen LogP) is 16.8. The van der Waals surface area contributed by atoms with E-state index in [9.17, 15) is 0 Å². The van der Waals surface area contributed by atoms with Crippen LogP contribution in [-0.2, 0) is 12.8 Å². The van der Waals surface area contributed by atoms with Gasteiger partial charge in [-0.25, -0.2) is 0 Å². The van der Waals surface area contributed by atoms with E-state index in [1.807, 2.05) is 0 Å². The molecule has 4 aliphatic rings. The first-order valence-corrected chi connectivity index (χ1v) is 25.3. The van der Waals surface area contributed by atoms with Gasteiger partial charge in [0.05, 0.1) is 0 Å². The molecule has 0 heteroatoms. The van der Waals surface area contributed by atoms with Crippen LogP contribution < -0.4 is 0 Å². The molecule has 2 aromatic rings. The van der Waals surface area contributed by atoms with E-state index in [4.69, 9.17) is 0 Å². The molecule has 0 nitrogen and oxygen atoms in total. The third-order valence-corrected chi connectivity index (χ3v) is 15.2. The van der Waals surface area contributed by atoms with Crippen molar-refractivity contribution in [1.29, 1.82) is 0 Å². The van der Waals surface area contributed by atoms with E-state index >= 15 is 0 Å². The normalized spacial score (nSPS) is 27.5. The molecule has 0 radical (unpaired) electrons. The van der Waals surface area contributed by atoms with Gasteiger partial charge in [-0.1, -0.05) is 172 Å². The van der Waals surface area contributed by atoms with E-state index < -0.39 is 0 Å². The van der Waals surface area contributed by atoms with Crippen LogP contribution in [0.25, 0.3) is 0 Å². The van der Waals surface area contributed by atoms with Gasteiger partial charge in [0, 0.05) is 23.0 Å². The SMILES string of the molecule is CCCCCC[C@H]1CC[C@H]([C@H]2CC[C@H](C#Cc3ccc(CCC)cc3)CC2)CC1.CCCCC[C@H]1CC[C@H]([C@H]2CC[C@H](C#Cc3ccc(CCC)cc3)CC2)CC1. The molecule has 0 unspecified atom stereocenters. The van der Waals surface area contributed by atoms with Gasteiger partial charge in [-0.3, -0.25) is 0 Å². The number of benzene rings is 2. The number of rotatable bonds is 15. The summed E-state index contributed by atoms with van der Waals surface area (Å²) in [5.74, 6) is 21.6. The van der Waals surface area contributed by atoms with Crippen molar-refractivity contribution in [2.75, 3.05) is 0 Å². The lowest BCUT2D eigenvalue weighted by Crippen LogP contribution is -2.25. The number of hydrogen-bond donors (Lipinski definition) is 0. The lowest BCUT2D eigenvalue weighted by Gasteiger charge is -2.37. The van der Waals surface area contributed by atoms with E-state index in [1.165, 1.54) is 208 Å². The number of aryl methyl sites for hydroxylation is 2. The smallest absolute Gasteiger partial charge is 0.0245 e. The van der Waals surface area contributed by atoms with Crippen molar-refractivity contribution in [3.8, 4) is 23.7 Å². The number of unbranched alkanes of at least 4 members (excludes halogenated alkanes) is 5. The fraction of sp³-hybridized carbons (Fsp3) is 0.719. The van der Waals surface area contributed by atoms with Crippen LogP contribution in [0.15, 0.2) is 48.5 Å². The summed E-state index contributed by atoms with van der Waals surface area (Å²) in [6.45, 7) is 9.12. The van der Waals surface area contributed by atoms with E-state index in [-0.39, 0.29) is 0 Å². The third-order valence-electron chi connectivity index (χ3n) is 15.2. The molecule has 0 heterocycles. The molecule has 0 N–H and O–H groups in total. The van der Waals surface area contributed by atoms with Crippen LogP contribution in [0.3, 0.4) is 0 Å². The van der Waals surface area contributed by atoms with Crippen LogP contribution in [0.5, 0.6) is 0 Å². The van der Waals surface area contributed by atoms with Gasteiger partial charge in [0.2, 0.25) is 0 Å². The summed E-state index contributed by atoms with van der Waals surface area (Å²) in [7, 11) is 0. The Bertz CT molecular complexity index is 1440. The monoisotopic (exact) mass is 771 g/mol. The van der Waals surface area contributed by atoms with Crippen molar-refractivity contribution in [3.05, 3.63) is 70.8 Å². The molecule has 0 aliphatic heterocycles. The molecule has 4 saturated carbocycles. The van der Waals surface area contributed by atoms with Crippen molar-refractivity contribution in [1.82, 2.24) is 0 Å². The van der Waals surface area contributed by atoms with Crippen molar-refractivity contribution in [2.45, 2.75) is 214 Å². The van der Waals surface area contributed by atoms with Crippen LogP contribution in [0.4, 0.5) is 0 Å². The van der Waals surface area contributed by atoms with Gasteiger partial charge in [0.1, 0.15) is 0 Å². The number of hydrogen-bond acceptors (Lipinski definition) is 0. The minimum absolute atomic E-state index is 0.636. The third kappa shape index (κ3) is 16.6. The molecule has 6 rings (SSSR count). The molecule has 0 aromatic heterocycles. The summed E-state index contributed by atoms with van der Waals surface area (Å²) < 4.78 is 0. The molecule has 4 aliphatic carbocycles. The first-order valence-electron chi connectivity index (χ1n) is 25.3. The van der Waals surface area contributed by atoms with Crippen LogP contribution in [0, 0.1) is 71.0 Å². The zero-order chi connectivity index (χ0) is 39.9. The van der Waals surface area contributed by atoms with Gasteiger partial charge in [-0.2, -0.15) is 0 Å². The zero-order valence-electron chi connectivity index (χ0n) is 37.7. The van der Waals surface area contributed by atoms with Crippen molar-refractivity contribution in [2.24, 2.45) is 47.3 Å². The summed E-state index contributed by atoms with van der Waals surface area (Å²) in [5, 5.41) is 0. The minimum atomic E-state index is 0.636. The van der Waals surface area contributed by atoms with Crippen LogP contribution in [0.1, 0.15) is 223 Å². The van der Waals surface area contributed by atoms with Gasteiger partial charge in [-0.15, -0.1) is 0 Å². The molecule has 0 spiro atoms. The maximum Gasteiger partial charge on any atom is 0.0245 e. The van der Waals surface area contributed by atoms with E-state index in [2.05, 4.69) is 99.9 Å². The van der Waals surface area contributed by atoms with Gasteiger partial charge in [0.15, 0.2) is 0 Å². The highest BCUT2D eigenvalue weighted by Crippen LogP contribution is 2.43. The second-order valence-electron chi connectivity index (χ2n) is 19.6. The van der Waals surface area contributed by atoms with Crippen LogP contribution >= 0.6 is 0 Å². The average molecular weight is 771 g/mol. The highest BCUT2D eigenvalue weighted by molar-refractivity contribution is 5.37. The van der Waals surface area contributed by atoms with Crippen molar-refractivity contribution < 1.29 is 0 Å². The highest BCUT2D eigenvalue weighted by atomic mass is 14.4. The Hall–Kier alpha value is -2.44. The molecule has 0 bridgehead atoms. The van der Waals surface area contributed by atoms with Gasteiger partial charge >= 0.3 is 0 Å². The average Bonchev–Trinajstić information content (AvgIpc) is 3.26. The van der Waals surface area contributed by atoms with Gasteiger partial charge < -0.3 is 0 Å². The Kier molecular flexibility index (Phi) is 21.3. The second kappa shape index (κ2) is 26.6. The Morgan fingerprint density at radius 2 is 0.702 bits per heavy atom. The first kappa shape index (κ1) is 45.6. The molecule has 0 atom stereocenters. The largest absolute Gasteiger partial charge is 0.0945 e. The summed E-state index contributed by atoms with van der Waals surface area (Å²) in [5.41, 5.74) is 5.27. The van der Waals surface area contributed by atoms with Crippen LogP contribution in [-0.4, -0.2) is 0 Å². The minimum Gasteiger partial charge on any atom is -0.0945 e. The molecule has 2 aromatic carbocycles. The Balaban J connectivity index is 0.000000218. The first-order chi connectivity index (χ1) is 28.1. The maximum absolute atomic E-state index is 3.60. The van der Waals surface area contributed by atoms with E-state index in [1.54, 1.807) is 0 Å². The Morgan fingerprint density at radius 3 is 1.05 bits per heavy atom. The standard InChI is InChI=1S/C29H44.C28H42/c1-3-5-6-7-9-25-16-20-28(21-17-25)29-22-18-27(19-23-29)15-14-26-12-10-24(8-4-2)11-13-26;1-3-5-6-8-24-15-19-27(20-16-24)28-21-17-26(18-22-28)14-13-25-11-9-23(7-4-2)10-12-25/h10-13,25,27-29H,3-9,16-23H2,1-2H3;9-12,24,26-28H,3-8,15-22H2,1-2H3/t25-,27-,28-,29-;24-,26-,27-,28-. The molecule has 314 valence electrons. The fourth-order valence-electron chi connectivity index (χ4n) is 11.4. The Morgan fingerprint density at radius 1 is 0.368 bits per heavy atom. The quantitative estimate of drug-likeness (QED) is 0.125. The van der Waals surface area contributed by atoms with Crippen molar-refractivity contribution in [3.63, 3.8) is 0 Å². The molecular weight excluding hydrogens is 685 g/mol. The van der Waals surface area contributed by atoms with Crippen LogP contribution in [0.2, 0.25) is 0 Å². The zero-order valence-corrected chi connectivity index (χ0v) is 37.7. The highest BCUT2D eigenvalue weighted by Gasteiger charge is 2.31. The summed E-state index contributed by atoms with van der Waals surface area (Å²) in [4.78, 5) is 0. The van der Waals surface area contributed by atoms with Crippen molar-refractivity contribution >= 4 is 0 Å². The molecule has 4 fully saturated rings. The molecular formula is C57H86. The van der Waals surface area contributed by atoms with E-state index in [0.29, 0.717) is 11.8 Å². The molecule has 57 heavy (non-hydrogen) atoms. The van der Waals surface area contributed by atoms with Gasteiger partial charge in [0.25, 0.3) is 0 Å². The fourth-order valence-corrected chi connectivity index (χ4v) is 11.4. The molecule has 0 amide bonds. The predicted molar refractivity (Wildman–Crippen MR) is 249 cm³/mol. The lowest BCUT2D eigenvalue weighted by molar-refractivity contribution is 0.153. The summed E-state index contributed by atoms with van der Waals surface area (Å²) >= 11 is 0. The molecule has 0 saturated heterocycles. The lowest BCUT2D eigenvalue weighted by atomic mass is 9.69. The summed E-state index contributed by atoms with van der Waals surface area (Å²) in [6, 6.07) is 17.9. The topological polar surface area (TPSA) is 0 Å². The Labute approximate surface area is 354 Å². The summed E-state index contributed by atoms with van der Waals surface area (Å²) in [6.07, 6.45) is 41.0. The van der Waals surface area contributed by atoms with Gasteiger partial charge in [-0.05, 0) is 161 Å².